The van der Waals surface area contributed by atoms with Gasteiger partial charge in [0.05, 0.1) is 34.5 Å². The Morgan fingerprint density at radius 1 is 1.27 bits per heavy atom. The number of hydrazone groups is 1. The fraction of sp³-hybridized carbons (Fsp3) is 0.167. The third-order valence-corrected chi connectivity index (χ3v) is 5.79. The highest BCUT2D eigenvalue weighted by molar-refractivity contribution is 7.89. The summed E-state index contributed by atoms with van der Waals surface area (Å²) in [6.07, 6.45) is 4.66. The largest absolute Gasteiger partial charge is 0.279 e. The molecule has 2 aromatic heterocycles. The molecule has 132 valence electrons. The number of sulfonamides is 1. The maximum absolute atomic E-state index is 12.8. The SMILES string of the molecule is Cc1ccc(C)c(S(=O)(=O)N(C)/N=C/c2cnn3ccc(C#N)cc23)c1. The fourth-order valence-corrected chi connectivity index (χ4v) is 3.77. The second kappa shape index (κ2) is 6.61. The first-order valence-electron chi connectivity index (χ1n) is 7.80. The van der Waals surface area contributed by atoms with Crippen LogP contribution in [0.5, 0.6) is 0 Å². The van der Waals surface area contributed by atoms with Gasteiger partial charge in [-0.15, -0.1) is 0 Å². The van der Waals surface area contributed by atoms with E-state index >= 15 is 0 Å². The number of benzene rings is 1. The van der Waals surface area contributed by atoms with Crippen LogP contribution in [-0.4, -0.2) is 35.7 Å². The summed E-state index contributed by atoms with van der Waals surface area (Å²) in [5.74, 6) is 0. The Balaban J connectivity index is 1.96. The number of hydrogen-bond donors (Lipinski definition) is 0. The van der Waals surface area contributed by atoms with E-state index in [1.807, 2.05) is 13.0 Å². The smallest absolute Gasteiger partial charge is 0.240 e. The summed E-state index contributed by atoms with van der Waals surface area (Å²) in [5, 5.41) is 17.3. The van der Waals surface area contributed by atoms with E-state index in [4.69, 9.17) is 5.26 Å². The van der Waals surface area contributed by atoms with Gasteiger partial charge >= 0.3 is 0 Å². The van der Waals surface area contributed by atoms with Crippen molar-refractivity contribution in [1.82, 2.24) is 14.0 Å². The van der Waals surface area contributed by atoms with E-state index in [2.05, 4.69) is 16.3 Å². The van der Waals surface area contributed by atoms with Gasteiger partial charge < -0.3 is 0 Å². The second-order valence-electron chi connectivity index (χ2n) is 5.91. The maximum Gasteiger partial charge on any atom is 0.279 e. The van der Waals surface area contributed by atoms with Gasteiger partial charge in [-0.25, -0.2) is 4.52 Å². The molecule has 0 saturated heterocycles. The third-order valence-electron chi connectivity index (χ3n) is 4.01. The van der Waals surface area contributed by atoms with Crippen molar-refractivity contribution in [3.63, 3.8) is 0 Å². The Labute approximate surface area is 151 Å². The van der Waals surface area contributed by atoms with Crippen LogP contribution in [-0.2, 0) is 10.0 Å². The molecule has 8 heteroatoms. The van der Waals surface area contributed by atoms with Crippen molar-refractivity contribution in [1.29, 1.82) is 5.26 Å². The van der Waals surface area contributed by atoms with E-state index < -0.39 is 10.0 Å². The van der Waals surface area contributed by atoms with E-state index in [1.165, 1.54) is 13.3 Å². The van der Waals surface area contributed by atoms with E-state index in [0.717, 1.165) is 9.98 Å². The molecular formula is C18H17N5O2S. The normalized spacial score (nSPS) is 11.8. The highest BCUT2D eigenvalue weighted by Crippen LogP contribution is 2.20. The summed E-state index contributed by atoms with van der Waals surface area (Å²) < 4.78 is 28.1. The van der Waals surface area contributed by atoms with Crippen LogP contribution in [0.3, 0.4) is 0 Å². The quantitative estimate of drug-likeness (QED) is 0.523. The first kappa shape index (κ1) is 17.6. The molecule has 26 heavy (non-hydrogen) atoms. The molecule has 2 heterocycles. The fourth-order valence-electron chi connectivity index (χ4n) is 2.50. The molecule has 0 unspecified atom stereocenters. The van der Waals surface area contributed by atoms with Gasteiger partial charge in [-0.2, -0.15) is 28.3 Å². The molecule has 1 aromatic carbocycles. The molecule has 0 N–H and O–H groups in total. The highest BCUT2D eigenvalue weighted by Gasteiger charge is 2.21. The standard InChI is InChI=1S/C18H17N5O2S/c1-13-4-5-14(2)18(8-13)26(24,25)22(3)20-11-16-12-21-23-7-6-15(10-19)9-17(16)23/h4-9,11-12H,1-3H3/b20-11+. The summed E-state index contributed by atoms with van der Waals surface area (Å²) >= 11 is 0. The predicted octanol–water partition coefficient (Wildman–Crippen LogP) is 2.48. The van der Waals surface area contributed by atoms with Gasteiger partial charge in [-0.05, 0) is 43.2 Å². The van der Waals surface area contributed by atoms with Crippen LogP contribution in [0.15, 0.2) is 52.7 Å². The van der Waals surface area contributed by atoms with E-state index in [9.17, 15) is 8.42 Å². The van der Waals surface area contributed by atoms with Crippen LogP contribution < -0.4 is 0 Å². The van der Waals surface area contributed by atoms with Crippen molar-refractivity contribution < 1.29 is 8.42 Å². The molecule has 0 fully saturated rings. The van der Waals surface area contributed by atoms with E-state index in [0.29, 0.717) is 22.2 Å². The number of pyridine rings is 1. The molecule has 0 aliphatic rings. The lowest BCUT2D eigenvalue weighted by Crippen LogP contribution is -2.22. The summed E-state index contributed by atoms with van der Waals surface area (Å²) in [5.41, 5.74) is 3.30. The first-order chi connectivity index (χ1) is 12.3. The molecule has 7 nitrogen and oxygen atoms in total. The molecule has 0 bridgehead atoms. The van der Waals surface area contributed by atoms with E-state index in [-0.39, 0.29) is 4.90 Å². The van der Waals surface area contributed by atoms with Gasteiger partial charge in [0.15, 0.2) is 0 Å². The van der Waals surface area contributed by atoms with Gasteiger partial charge in [-0.3, -0.25) is 0 Å². The van der Waals surface area contributed by atoms with Gasteiger partial charge in [0, 0.05) is 18.8 Å². The third kappa shape index (κ3) is 3.17. The molecule has 3 aromatic rings. The number of hydrogen-bond acceptors (Lipinski definition) is 5. The number of rotatable bonds is 4. The molecule has 0 aliphatic carbocycles. The monoisotopic (exact) mass is 367 g/mol. The van der Waals surface area contributed by atoms with Crippen LogP contribution in [0.1, 0.15) is 22.3 Å². The number of aromatic nitrogens is 2. The molecule has 0 amide bonds. The van der Waals surface area contributed by atoms with Gasteiger partial charge in [0.2, 0.25) is 0 Å². The number of fused-ring (bicyclic) bond motifs is 1. The molecular weight excluding hydrogens is 350 g/mol. The summed E-state index contributed by atoms with van der Waals surface area (Å²) in [6.45, 7) is 3.59. The molecule has 0 atom stereocenters. The van der Waals surface area contributed by atoms with Crippen LogP contribution in [0.4, 0.5) is 0 Å². The maximum atomic E-state index is 12.8. The Morgan fingerprint density at radius 2 is 2.04 bits per heavy atom. The van der Waals surface area contributed by atoms with Crippen molar-refractivity contribution in [3.05, 3.63) is 65.0 Å². The minimum Gasteiger partial charge on any atom is -0.240 e. The lowest BCUT2D eigenvalue weighted by Gasteiger charge is -2.15. The lowest BCUT2D eigenvalue weighted by atomic mass is 10.2. The van der Waals surface area contributed by atoms with Crippen molar-refractivity contribution in [2.75, 3.05) is 7.05 Å². The van der Waals surface area contributed by atoms with Crippen molar-refractivity contribution in [2.24, 2.45) is 5.10 Å². The highest BCUT2D eigenvalue weighted by atomic mass is 32.2. The summed E-state index contributed by atoms with van der Waals surface area (Å²) in [4.78, 5) is 0.226. The Hall–Kier alpha value is -3.18. The topological polar surface area (TPSA) is 90.8 Å². The van der Waals surface area contributed by atoms with Crippen molar-refractivity contribution in [3.8, 4) is 6.07 Å². The summed E-state index contributed by atoms with van der Waals surface area (Å²) in [6, 6.07) is 10.7. The predicted molar refractivity (Wildman–Crippen MR) is 98.4 cm³/mol. The molecule has 0 aliphatic heterocycles. The van der Waals surface area contributed by atoms with Crippen LogP contribution in [0.25, 0.3) is 5.52 Å². The Morgan fingerprint density at radius 3 is 2.77 bits per heavy atom. The zero-order valence-corrected chi connectivity index (χ0v) is 15.4. The van der Waals surface area contributed by atoms with E-state index in [1.54, 1.807) is 48.1 Å². The van der Waals surface area contributed by atoms with Crippen molar-refractivity contribution >= 4 is 21.8 Å². The number of nitriles is 1. The average molecular weight is 367 g/mol. The molecule has 3 rings (SSSR count). The number of nitrogens with zero attached hydrogens (tertiary/aromatic N) is 5. The Kier molecular flexibility index (Phi) is 4.49. The second-order valence-corrected chi connectivity index (χ2v) is 7.83. The van der Waals surface area contributed by atoms with Crippen LogP contribution in [0, 0.1) is 25.2 Å². The van der Waals surface area contributed by atoms with Crippen LogP contribution >= 0.6 is 0 Å². The van der Waals surface area contributed by atoms with Gasteiger partial charge in [0.1, 0.15) is 0 Å². The minimum atomic E-state index is -3.76. The van der Waals surface area contributed by atoms with Crippen LogP contribution in [0.2, 0.25) is 0 Å². The van der Waals surface area contributed by atoms with Crippen molar-refractivity contribution in [2.45, 2.75) is 18.7 Å². The summed E-state index contributed by atoms with van der Waals surface area (Å²) in [7, 11) is -2.37. The molecule has 0 spiro atoms. The zero-order valence-electron chi connectivity index (χ0n) is 14.6. The minimum absolute atomic E-state index is 0.226. The Bertz CT molecular complexity index is 1160. The molecule has 0 saturated carbocycles. The molecule has 0 radical (unpaired) electrons. The average Bonchev–Trinajstić information content (AvgIpc) is 3.03. The lowest BCUT2D eigenvalue weighted by molar-refractivity contribution is 0.490. The zero-order chi connectivity index (χ0) is 18.9. The number of aryl methyl sites for hydroxylation is 2. The first-order valence-corrected chi connectivity index (χ1v) is 9.24. The van der Waals surface area contributed by atoms with Gasteiger partial charge in [-0.1, -0.05) is 12.1 Å². The van der Waals surface area contributed by atoms with Gasteiger partial charge in [0.25, 0.3) is 10.0 Å².